The zero-order chi connectivity index (χ0) is 19.9. The normalized spacial score (nSPS) is 26.7. The maximum atomic E-state index is 13.0. The molecular formula is C17H23FN2O5S2. The summed E-state index contributed by atoms with van der Waals surface area (Å²) in [5, 5.41) is 2.84. The summed E-state index contributed by atoms with van der Waals surface area (Å²) in [6.45, 7) is 2.10. The second-order valence-corrected chi connectivity index (χ2v) is 11.6. The van der Waals surface area contributed by atoms with Gasteiger partial charge >= 0.3 is 0 Å². The Balaban J connectivity index is 1.60. The number of benzene rings is 1. The van der Waals surface area contributed by atoms with E-state index in [1.165, 1.54) is 16.4 Å². The molecule has 2 fully saturated rings. The van der Waals surface area contributed by atoms with E-state index in [1.807, 2.05) is 0 Å². The van der Waals surface area contributed by atoms with Gasteiger partial charge in [0.25, 0.3) is 0 Å². The van der Waals surface area contributed by atoms with Crippen LogP contribution in [0.1, 0.15) is 26.2 Å². The maximum Gasteiger partial charge on any atom is 0.243 e. The second kappa shape index (κ2) is 7.14. The van der Waals surface area contributed by atoms with Crippen LogP contribution in [0.3, 0.4) is 0 Å². The van der Waals surface area contributed by atoms with Crippen molar-refractivity contribution < 1.29 is 26.0 Å². The lowest BCUT2D eigenvalue weighted by Crippen LogP contribution is -2.51. The molecule has 0 radical (unpaired) electrons. The molecule has 1 amide bonds. The molecule has 3 rings (SSSR count). The standard InChI is InChI=1S/C17H23FN2O5S2/c1-17(8-11-26(22,23)12-17)19-16(21)13-6-9-20(10-7-13)27(24,25)15-4-2-14(18)3-5-15/h2-5,13H,6-12H2,1H3,(H,19,21). The van der Waals surface area contributed by atoms with Crippen LogP contribution in [-0.2, 0) is 24.7 Å². The number of hydrogen-bond donors (Lipinski definition) is 1. The molecule has 1 atom stereocenters. The number of nitrogens with zero attached hydrogens (tertiary/aromatic N) is 1. The van der Waals surface area contributed by atoms with Gasteiger partial charge in [-0.1, -0.05) is 0 Å². The Kier molecular flexibility index (Phi) is 5.35. The van der Waals surface area contributed by atoms with Crippen molar-refractivity contribution in [3.63, 3.8) is 0 Å². The third kappa shape index (κ3) is 4.49. The highest BCUT2D eigenvalue weighted by molar-refractivity contribution is 7.91. The smallest absolute Gasteiger partial charge is 0.243 e. The molecule has 10 heteroatoms. The monoisotopic (exact) mass is 418 g/mol. The number of hydrogen-bond acceptors (Lipinski definition) is 5. The molecule has 2 heterocycles. The summed E-state index contributed by atoms with van der Waals surface area (Å²) >= 11 is 0. The van der Waals surface area contributed by atoms with Gasteiger partial charge in [-0.25, -0.2) is 21.2 Å². The van der Waals surface area contributed by atoms with Gasteiger partial charge in [0.1, 0.15) is 5.82 Å². The Hall–Kier alpha value is -1.52. The lowest BCUT2D eigenvalue weighted by molar-refractivity contribution is -0.127. The molecule has 2 aliphatic rings. The van der Waals surface area contributed by atoms with Crippen LogP contribution in [0.4, 0.5) is 4.39 Å². The number of sulfonamides is 1. The number of carbonyl (C=O) groups is 1. The zero-order valence-corrected chi connectivity index (χ0v) is 16.7. The third-order valence-electron chi connectivity index (χ3n) is 5.20. The lowest BCUT2D eigenvalue weighted by atomic mass is 9.94. The second-order valence-electron chi connectivity index (χ2n) is 7.52. The largest absolute Gasteiger partial charge is 0.350 e. The average molecular weight is 419 g/mol. The van der Waals surface area contributed by atoms with E-state index in [4.69, 9.17) is 0 Å². The van der Waals surface area contributed by atoms with E-state index in [2.05, 4.69) is 5.32 Å². The molecule has 0 aliphatic carbocycles. The summed E-state index contributed by atoms with van der Waals surface area (Å²) < 4.78 is 62.9. The van der Waals surface area contributed by atoms with Gasteiger partial charge in [-0.2, -0.15) is 4.31 Å². The van der Waals surface area contributed by atoms with Crippen molar-refractivity contribution >= 4 is 25.8 Å². The molecule has 27 heavy (non-hydrogen) atoms. The van der Waals surface area contributed by atoms with Gasteiger partial charge in [0.15, 0.2) is 9.84 Å². The van der Waals surface area contributed by atoms with E-state index >= 15 is 0 Å². The van der Waals surface area contributed by atoms with Gasteiger partial charge in [-0.05, 0) is 50.5 Å². The van der Waals surface area contributed by atoms with E-state index in [0.717, 1.165) is 12.1 Å². The van der Waals surface area contributed by atoms with Crippen molar-refractivity contribution in [2.75, 3.05) is 24.6 Å². The Bertz CT molecular complexity index is 923. The van der Waals surface area contributed by atoms with E-state index < -0.39 is 31.2 Å². The molecule has 2 aliphatic heterocycles. The Morgan fingerprint density at radius 2 is 1.81 bits per heavy atom. The molecule has 0 bridgehead atoms. The molecule has 1 N–H and O–H groups in total. The summed E-state index contributed by atoms with van der Waals surface area (Å²) in [4.78, 5) is 12.5. The molecule has 1 aromatic carbocycles. The molecule has 2 saturated heterocycles. The SMILES string of the molecule is CC1(NC(=O)C2CCN(S(=O)(=O)c3ccc(F)cc3)CC2)CCS(=O)(=O)C1. The summed E-state index contributed by atoms with van der Waals surface area (Å²) in [6, 6.07) is 4.66. The first kappa shape index (κ1) is 20.2. The Morgan fingerprint density at radius 3 is 2.33 bits per heavy atom. The fourth-order valence-corrected chi connectivity index (χ4v) is 7.19. The predicted octanol–water partition coefficient (Wildman–Crippen LogP) is 0.920. The maximum absolute atomic E-state index is 13.0. The molecule has 1 aromatic rings. The molecule has 1 unspecified atom stereocenters. The van der Waals surface area contributed by atoms with Crippen LogP contribution in [0.5, 0.6) is 0 Å². The molecule has 0 aromatic heterocycles. The van der Waals surface area contributed by atoms with Crippen molar-refractivity contribution in [3.8, 4) is 0 Å². The van der Waals surface area contributed by atoms with Crippen LogP contribution in [0.2, 0.25) is 0 Å². The number of nitrogens with one attached hydrogen (secondary N) is 1. The van der Waals surface area contributed by atoms with Crippen LogP contribution in [0.15, 0.2) is 29.2 Å². The summed E-state index contributed by atoms with van der Waals surface area (Å²) in [7, 11) is -6.84. The minimum absolute atomic E-state index is 0.0236. The zero-order valence-electron chi connectivity index (χ0n) is 15.0. The molecule has 150 valence electrons. The first-order valence-corrected chi connectivity index (χ1v) is 12.1. The number of amides is 1. The first-order chi connectivity index (χ1) is 12.5. The first-order valence-electron chi connectivity index (χ1n) is 8.79. The van der Waals surface area contributed by atoms with Crippen molar-refractivity contribution in [3.05, 3.63) is 30.1 Å². The van der Waals surface area contributed by atoms with Gasteiger partial charge in [-0.3, -0.25) is 4.79 Å². The molecule has 7 nitrogen and oxygen atoms in total. The van der Waals surface area contributed by atoms with Crippen molar-refractivity contribution in [1.82, 2.24) is 9.62 Å². The predicted molar refractivity (Wildman–Crippen MR) is 97.7 cm³/mol. The fourth-order valence-electron chi connectivity index (χ4n) is 3.62. The fraction of sp³-hybridized carbons (Fsp3) is 0.588. The van der Waals surface area contributed by atoms with Gasteiger partial charge < -0.3 is 5.32 Å². The highest BCUT2D eigenvalue weighted by Crippen LogP contribution is 2.27. The summed E-state index contributed by atoms with van der Waals surface area (Å²) in [6.07, 6.45) is 1.10. The number of rotatable bonds is 4. The van der Waals surface area contributed by atoms with Crippen molar-refractivity contribution in [2.45, 2.75) is 36.6 Å². The van der Waals surface area contributed by atoms with Gasteiger partial charge in [0, 0.05) is 19.0 Å². The van der Waals surface area contributed by atoms with E-state index in [-0.39, 0.29) is 41.3 Å². The number of piperidine rings is 1. The van der Waals surface area contributed by atoms with Gasteiger partial charge in [0.2, 0.25) is 15.9 Å². The Morgan fingerprint density at radius 1 is 1.22 bits per heavy atom. The number of carbonyl (C=O) groups excluding carboxylic acids is 1. The van der Waals surface area contributed by atoms with Crippen LogP contribution in [0, 0.1) is 11.7 Å². The highest BCUT2D eigenvalue weighted by Gasteiger charge is 2.41. The number of sulfone groups is 1. The van der Waals surface area contributed by atoms with Crippen molar-refractivity contribution in [2.24, 2.45) is 5.92 Å². The lowest BCUT2D eigenvalue weighted by Gasteiger charge is -2.33. The molecule has 0 spiro atoms. The topological polar surface area (TPSA) is 101 Å². The summed E-state index contributed by atoms with van der Waals surface area (Å²) in [5.41, 5.74) is -0.757. The van der Waals surface area contributed by atoms with Gasteiger partial charge in [0.05, 0.1) is 21.9 Å². The van der Waals surface area contributed by atoms with Crippen LogP contribution in [0.25, 0.3) is 0 Å². The average Bonchev–Trinajstić information content (AvgIpc) is 2.88. The quantitative estimate of drug-likeness (QED) is 0.784. The van der Waals surface area contributed by atoms with E-state index in [9.17, 15) is 26.0 Å². The van der Waals surface area contributed by atoms with E-state index in [0.29, 0.717) is 19.3 Å². The molecule has 0 saturated carbocycles. The highest BCUT2D eigenvalue weighted by atomic mass is 32.2. The van der Waals surface area contributed by atoms with Crippen molar-refractivity contribution in [1.29, 1.82) is 0 Å². The van der Waals surface area contributed by atoms with Crippen LogP contribution >= 0.6 is 0 Å². The molecular weight excluding hydrogens is 395 g/mol. The van der Waals surface area contributed by atoms with Crippen LogP contribution in [-0.4, -0.2) is 57.2 Å². The minimum atomic E-state index is -3.72. The van der Waals surface area contributed by atoms with Crippen LogP contribution < -0.4 is 5.32 Å². The number of halogens is 1. The third-order valence-corrected chi connectivity index (χ3v) is 9.02. The summed E-state index contributed by atoms with van der Waals surface area (Å²) in [5.74, 6) is -1.09. The van der Waals surface area contributed by atoms with E-state index in [1.54, 1.807) is 6.92 Å². The van der Waals surface area contributed by atoms with Gasteiger partial charge in [-0.15, -0.1) is 0 Å². The minimum Gasteiger partial charge on any atom is -0.350 e. The Labute approximate surface area is 158 Å².